The van der Waals surface area contributed by atoms with Crippen LogP contribution in [-0.4, -0.2) is 43.8 Å². The van der Waals surface area contributed by atoms with Crippen molar-refractivity contribution in [3.05, 3.63) is 47.9 Å². The number of nitrogens with one attached hydrogen (secondary N) is 2. The maximum atomic E-state index is 12.5. The van der Waals surface area contributed by atoms with Crippen LogP contribution in [0.5, 0.6) is 0 Å². The van der Waals surface area contributed by atoms with E-state index in [0.717, 1.165) is 51.4 Å². The van der Waals surface area contributed by atoms with Crippen molar-refractivity contribution < 1.29 is 4.79 Å². The van der Waals surface area contributed by atoms with Gasteiger partial charge in [-0.15, -0.1) is 11.3 Å². The molecule has 0 fully saturated rings. The number of aromatic amines is 1. The molecule has 1 aromatic carbocycles. The Kier molecular flexibility index (Phi) is 5.17. The van der Waals surface area contributed by atoms with Gasteiger partial charge in [0.25, 0.3) is 0 Å². The van der Waals surface area contributed by atoms with E-state index in [1.54, 1.807) is 17.7 Å². The number of H-pyrrole nitrogens is 1. The topological polar surface area (TPSA) is 86.8 Å². The predicted octanol–water partition coefficient (Wildman–Crippen LogP) is 5.36. The minimum absolute atomic E-state index is 0.00483. The van der Waals surface area contributed by atoms with E-state index in [4.69, 9.17) is 0 Å². The van der Waals surface area contributed by atoms with Crippen LogP contribution in [0.1, 0.15) is 39.3 Å². The van der Waals surface area contributed by atoms with Crippen LogP contribution in [-0.2, 0) is 4.79 Å². The third-order valence-corrected chi connectivity index (χ3v) is 6.40. The highest BCUT2D eigenvalue weighted by Crippen LogP contribution is 2.31. The van der Waals surface area contributed by atoms with Gasteiger partial charge in [0.1, 0.15) is 17.8 Å². The number of aromatic nitrogens is 4. The van der Waals surface area contributed by atoms with Gasteiger partial charge >= 0.3 is 0 Å². The molecule has 1 aliphatic heterocycles. The average molecular weight is 447 g/mol. The van der Waals surface area contributed by atoms with Crippen LogP contribution in [0.25, 0.3) is 26.8 Å². The molecule has 3 aromatic heterocycles. The zero-order chi connectivity index (χ0) is 22.3. The Bertz CT molecular complexity index is 1330. The molecule has 0 saturated carbocycles. The number of nitrogens with zero attached hydrogens (tertiary/aromatic N) is 4. The quantitative estimate of drug-likeness (QED) is 0.440. The van der Waals surface area contributed by atoms with Crippen molar-refractivity contribution in [2.24, 2.45) is 5.41 Å². The number of carbonyl (C=O) groups is 1. The molecule has 2 N–H and O–H groups in total. The van der Waals surface area contributed by atoms with Gasteiger partial charge in [0.2, 0.25) is 5.91 Å². The zero-order valence-corrected chi connectivity index (χ0v) is 19.3. The van der Waals surface area contributed by atoms with Gasteiger partial charge in [-0.3, -0.25) is 4.79 Å². The van der Waals surface area contributed by atoms with Gasteiger partial charge in [0.05, 0.1) is 21.1 Å². The maximum absolute atomic E-state index is 12.5. The van der Waals surface area contributed by atoms with Crippen molar-refractivity contribution >= 4 is 55.6 Å². The minimum atomic E-state index is 0.00483. The van der Waals surface area contributed by atoms with Crippen LogP contribution >= 0.6 is 11.3 Å². The lowest BCUT2D eigenvalue weighted by Gasteiger charge is -2.29. The van der Waals surface area contributed by atoms with Crippen molar-refractivity contribution in [1.82, 2.24) is 24.8 Å². The summed E-state index contributed by atoms with van der Waals surface area (Å²) in [5.74, 6) is 0.986. The molecule has 0 aliphatic carbocycles. The minimum Gasteiger partial charge on any atom is -0.340 e. The summed E-state index contributed by atoms with van der Waals surface area (Å²) in [6.07, 6.45) is 5.10. The number of hydrogen-bond acceptors (Lipinski definition) is 6. The summed E-state index contributed by atoms with van der Waals surface area (Å²) in [5.41, 5.74) is 6.86. The second kappa shape index (κ2) is 8.02. The molecule has 1 aliphatic rings. The number of fused-ring (bicyclic) bond motifs is 2. The lowest BCUT2D eigenvalue weighted by Crippen LogP contribution is -2.36. The smallest absolute Gasteiger partial charge is 0.223 e. The van der Waals surface area contributed by atoms with Crippen molar-refractivity contribution in [3.63, 3.8) is 0 Å². The fraction of sp³-hybridized carbons (Fsp3) is 0.333. The summed E-state index contributed by atoms with van der Waals surface area (Å²) in [6, 6.07) is 8.20. The van der Waals surface area contributed by atoms with E-state index in [0.29, 0.717) is 13.0 Å². The Morgan fingerprint density at radius 2 is 2.09 bits per heavy atom. The third-order valence-electron chi connectivity index (χ3n) is 5.61. The van der Waals surface area contributed by atoms with Crippen molar-refractivity contribution in [2.45, 2.75) is 33.6 Å². The van der Waals surface area contributed by atoms with E-state index in [9.17, 15) is 4.79 Å². The summed E-state index contributed by atoms with van der Waals surface area (Å²) in [7, 11) is 0. The number of anilines is 2. The Hall–Kier alpha value is -3.26. The molecular formula is C24H26N6OS. The first-order valence-corrected chi connectivity index (χ1v) is 11.6. The van der Waals surface area contributed by atoms with Gasteiger partial charge in [0.15, 0.2) is 0 Å². The summed E-state index contributed by atoms with van der Waals surface area (Å²) >= 11 is 1.62. The molecule has 0 bridgehead atoms. The molecule has 0 radical (unpaired) electrons. The van der Waals surface area contributed by atoms with Crippen LogP contribution in [0.2, 0.25) is 0 Å². The van der Waals surface area contributed by atoms with Crippen molar-refractivity contribution in [3.8, 4) is 0 Å². The van der Waals surface area contributed by atoms with E-state index < -0.39 is 0 Å². The van der Waals surface area contributed by atoms with Crippen LogP contribution < -0.4 is 5.32 Å². The highest BCUT2D eigenvalue weighted by Gasteiger charge is 2.23. The standard InChI is InChI=1S/C24H26N6OS/c1-24(2,3)12-21(31)30-8-6-15(7-9-30)19-11-17-22(25-13-26-23(17)29-19)28-16-4-5-18-20(10-16)32-14-27-18/h4-6,10-11,13-14H,7-9,12H2,1-3H3,(H2,25,26,28,29). The number of hydrogen-bond donors (Lipinski definition) is 2. The first-order valence-electron chi connectivity index (χ1n) is 10.8. The molecule has 0 atom stereocenters. The molecule has 164 valence electrons. The highest BCUT2D eigenvalue weighted by molar-refractivity contribution is 7.16. The lowest BCUT2D eigenvalue weighted by atomic mass is 9.91. The summed E-state index contributed by atoms with van der Waals surface area (Å²) in [4.78, 5) is 31.1. The van der Waals surface area contributed by atoms with Gasteiger partial charge in [0, 0.05) is 30.9 Å². The SMILES string of the molecule is CC(C)(C)CC(=O)N1CC=C(c2cc3c(Nc4ccc5ncsc5c4)ncnc3[nH]2)CC1. The third kappa shape index (κ3) is 4.23. The second-order valence-electron chi connectivity index (χ2n) is 9.38. The summed E-state index contributed by atoms with van der Waals surface area (Å²) in [6.45, 7) is 7.68. The summed E-state index contributed by atoms with van der Waals surface area (Å²) in [5, 5.41) is 4.37. The normalized spacial score (nSPS) is 14.7. The Morgan fingerprint density at radius 1 is 1.22 bits per heavy atom. The maximum Gasteiger partial charge on any atom is 0.223 e. The van der Waals surface area contributed by atoms with E-state index in [2.05, 4.69) is 64.2 Å². The molecule has 4 heterocycles. The Labute approximate surface area is 190 Å². The van der Waals surface area contributed by atoms with Gasteiger partial charge in [-0.2, -0.15) is 0 Å². The molecule has 4 aromatic rings. The summed E-state index contributed by atoms with van der Waals surface area (Å²) < 4.78 is 1.13. The molecule has 0 saturated heterocycles. The van der Waals surface area contributed by atoms with Crippen molar-refractivity contribution in [2.75, 3.05) is 18.4 Å². The van der Waals surface area contributed by atoms with Gasteiger partial charge < -0.3 is 15.2 Å². The van der Waals surface area contributed by atoms with Crippen LogP contribution in [0.4, 0.5) is 11.5 Å². The highest BCUT2D eigenvalue weighted by atomic mass is 32.1. The number of benzene rings is 1. The van der Waals surface area contributed by atoms with Gasteiger partial charge in [-0.1, -0.05) is 26.8 Å². The molecule has 7 nitrogen and oxygen atoms in total. The predicted molar refractivity (Wildman–Crippen MR) is 130 cm³/mol. The van der Waals surface area contributed by atoms with Crippen LogP contribution in [0.15, 0.2) is 42.2 Å². The van der Waals surface area contributed by atoms with Crippen LogP contribution in [0.3, 0.4) is 0 Å². The second-order valence-corrected chi connectivity index (χ2v) is 10.3. The monoisotopic (exact) mass is 446 g/mol. The number of rotatable bonds is 4. The fourth-order valence-electron chi connectivity index (χ4n) is 3.99. The van der Waals surface area contributed by atoms with Gasteiger partial charge in [-0.05, 0) is 41.7 Å². The molecular weight excluding hydrogens is 420 g/mol. The van der Waals surface area contributed by atoms with E-state index in [1.165, 1.54) is 5.57 Å². The van der Waals surface area contributed by atoms with Crippen LogP contribution in [0, 0.1) is 5.41 Å². The largest absolute Gasteiger partial charge is 0.340 e. The Morgan fingerprint density at radius 3 is 2.88 bits per heavy atom. The molecule has 32 heavy (non-hydrogen) atoms. The van der Waals surface area contributed by atoms with E-state index in [-0.39, 0.29) is 11.3 Å². The number of amides is 1. The zero-order valence-electron chi connectivity index (χ0n) is 18.5. The van der Waals surface area contributed by atoms with Crippen molar-refractivity contribution in [1.29, 1.82) is 0 Å². The Balaban J connectivity index is 1.37. The first kappa shape index (κ1) is 20.6. The number of thiazole rings is 1. The molecule has 0 spiro atoms. The van der Waals surface area contributed by atoms with E-state index >= 15 is 0 Å². The molecule has 0 unspecified atom stereocenters. The molecule has 1 amide bonds. The average Bonchev–Trinajstić information content (AvgIpc) is 3.40. The molecule has 5 rings (SSSR count). The number of carbonyl (C=O) groups excluding carboxylic acids is 1. The molecule has 8 heteroatoms. The first-order chi connectivity index (χ1) is 15.4. The van der Waals surface area contributed by atoms with E-state index in [1.807, 2.05) is 22.5 Å². The van der Waals surface area contributed by atoms with Gasteiger partial charge in [-0.25, -0.2) is 15.0 Å². The lowest BCUT2D eigenvalue weighted by molar-refractivity contribution is -0.132. The fourth-order valence-corrected chi connectivity index (χ4v) is 4.70.